The molecule has 0 saturated carbocycles. The van der Waals surface area contributed by atoms with Crippen LogP contribution < -0.4 is 5.73 Å². The minimum atomic E-state index is 0.388. The maximum atomic E-state index is 6.15. The molecule has 0 rings (SSSR count). The summed E-state index contributed by atoms with van der Waals surface area (Å²) in [6, 6.07) is 0.388. The van der Waals surface area contributed by atoms with Gasteiger partial charge in [-0.15, -0.1) is 0 Å². The molecule has 0 fully saturated rings. The van der Waals surface area contributed by atoms with Crippen LogP contribution in [-0.2, 0) is 0 Å². The molecule has 0 aliphatic heterocycles. The molecular formula is C13H29N. The topological polar surface area (TPSA) is 26.0 Å². The van der Waals surface area contributed by atoms with Gasteiger partial charge in [-0.1, -0.05) is 48.0 Å². The summed E-state index contributed by atoms with van der Waals surface area (Å²) in [7, 11) is 0. The van der Waals surface area contributed by atoms with Crippen molar-refractivity contribution < 1.29 is 0 Å². The Hall–Kier alpha value is -0.0400. The molecule has 3 atom stereocenters. The van der Waals surface area contributed by atoms with E-state index in [0.29, 0.717) is 17.4 Å². The van der Waals surface area contributed by atoms with E-state index in [1.54, 1.807) is 0 Å². The van der Waals surface area contributed by atoms with Crippen molar-refractivity contribution in [1.29, 1.82) is 0 Å². The van der Waals surface area contributed by atoms with E-state index in [1.165, 1.54) is 12.8 Å². The van der Waals surface area contributed by atoms with Crippen LogP contribution in [0.3, 0.4) is 0 Å². The molecular weight excluding hydrogens is 170 g/mol. The van der Waals surface area contributed by atoms with Crippen LogP contribution in [0, 0.1) is 17.3 Å². The van der Waals surface area contributed by atoms with E-state index < -0.39 is 0 Å². The summed E-state index contributed by atoms with van der Waals surface area (Å²) in [6.45, 7) is 13.7. The second-order valence-electron chi connectivity index (χ2n) is 6.01. The van der Waals surface area contributed by atoms with Crippen LogP contribution in [0.5, 0.6) is 0 Å². The van der Waals surface area contributed by atoms with Crippen molar-refractivity contribution in [3.8, 4) is 0 Å². The molecule has 0 radical (unpaired) electrons. The normalized spacial score (nSPS) is 19.1. The van der Waals surface area contributed by atoms with Crippen LogP contribution in [0.4, 0.5) is 0 Å². The Morgan fingerprint density at radius 2 is 1.57 bits per heavy atom. The fraction of sp³-hybridized carbons (Fsp3) is 1.00. The van der Waals surface area contributed by atoms with Gasteiger partial charge in [0.05, 0.1) is 0 Å². The minimum absolute atomic E-state index is 0.388. The summed E-state index contributed by atoms with van der Waals surface area (Å²) in [5, 5.41) is 0. The van der Waals surface area contributed by atoms with E-state index >= 15 is 0 Å². The zero-order valence-corrected chi connectivity index (χ0v) is 10.9. The standard InChI is InChI=1S/C13H29N/c1-7-10(2)8-12(14)9-11(3)13(4,5)6/h10-12H,7-9,14H2,1-6H3. The first kappa shape index (κ1) is 14.0. The fourth-order valence-corrected chi connectivity index (χ4v) is 1.59. The first-order chi connectivity index (χ1) is 6.27. The highest BCUT2D eigenvalue weighted by molar-refractivity contribution is 4.76. The first-order valence-electron chi connectivity index (χ1n) is 6.03. The van der Waals surface area contributed by atoms with Crippen molar-refractivity contribution >= 4 is 0 Å². The second kappa shape index (κ2) is 5.75. The second-order valence-corrected chi connectivity index (χ2v) is 6.01. The summed E-state index contributed by atoms with van der Waals surface area (Å²) in [4.78, 5) is 0. The van der Waals surface area contributed by atoms with Crippen LogP contribution in [0.2, 0.25) is 0 Å². The van der Waals surface area contributed by atoms with Gasteiger partial charge in [0.2, 0.25) is 0 Å². The Morgan fingerprint density at radius 3 is 1.93 bits per heavy atom. The Kier molecular flexibility index (Phi) is 5.73. The Labute approximate surface area is 90.5 Å². The van der Waals surface area contributed by atoms with E-state index in [-0.39, 0.29) is 0 Å². The van der Waals surface area contributed by atoms with Crippen LogP contribution in [0.1, 0.15) is 60.8 Å². The summed E-state index contributed by atoms with van der Waals surface area (Å²) in [5.74, 6) is 1.48. The highest BCUT2D eigenvalue weighted by atomic mass is 14.6. The molecule has 0 aliphatic carbocycles. The molecule has 86 valence electrons. The molecule has 0 saturated heterocycles. The van der Waals surface area contributed by atoms with E-state index in [0.717, 1.165) is 12.3 Å². The molecule has 2 N–H and O–H groups in total. The van der Waals surface area contributed by atoms with Crippen molar-refractivity contribution in [1.82, 2.24) is 0 Å². The van der Waals surface area contributed by atoms with Gasteiger partial charge in [0, 0.05) is 6.04 Å². The van der Waals surface area contributed by atoms with Gasteiger partial charge in [-0.05, 0) is 30.1 Å². The molecule has 0 amide bonds. The number of hydrogen-bond donors (Lipinski definition) is 1. The SMILES string of the molecule is CCC(C)CC(N)CC(C)C(C)(C)C. The highest BCUT2D eigenvalue weighted by Crippen LogP contribution is 2.29. The van der Waals surface area contributed by atoms with Gasteiger partial charge in [0.25, 0.3) is 0 Å². The molecule has 1 heteroatoms. The van der Waals surface area contributed by atoms with Gasteiger partial charge in [-0.25, -0.2) is 0 Å². The predicted octanol–water partition coefficient (Wildman–Crippen LogP) is 3.82. The van der Waals surface area contributed by atoms with E-state index in [2.05, 4.69) is 41.5 Å². The molecule has 0 aromatic rings. The quantitative estimate of drug-likeness (QED) is 0.715. The average Bonchev–Trinajstić information content (AvgIpc) is 2.02. The lowest BCUT2D eigenvalue weighted by Crippen LogP contribution is -2.29. The van der Waals surface area contributed by atoms with Gasteiger partial charge in [0.15, 0.2) is 0 Å². The molecule has 14 heavy (non-hydrogen) atoms. The van der Waals surface area contributed by atoms with Crippen molar-refractivity contribution in [3.05, 3.63) is 0 Å². The van der Waals surface area contributed by atoms with Crippen LogP contribution >= 0.6 is 0 Å². The lowest BCUT2D eigenvalue weighted by atomic mass is 9.77. The third-order valence-corrected chi connectivity index (χ3v) is 3.54. The monoisotopic (exact) mass is 199 g/mol. The van der Waals surface area contributed by atoms with Crippen molar-refractivity contribution in [2.24, 2.45) is 23.0 Å². The third-order valence-electron chi connectivity index (χ3n) is 3.54. The predicted molar refractivity (Wildman–Crippen MR) is 65.3 cm³/mol. The Morgan fingerprint density at radius 1 is 1.07 bits per heavy atom. The van der Waals surface area contributed by atoms with Crippen molar-refractivity contribution in [2.75, 3.05) is 0 Å². The molecule has 0 bridgehead atoms. The average molecular weight is 199 g/mol. The minimum Gasteiger partial charge on any atom is -0.328 e. The molecule has 0 aromatic carbocycles. The summed E-state index contributed by atoms with van der Waals surface area (Å²) >= 11 is 0. The number of hydrogen-bond acceptors (Lipinski definition) is 1. The van der Waals surface area contributed by atoms with Crippen molar-refractivity contribution in [3.63, 3.8) is 0 Å². The summed E-state index contributed by atoms with van der Waals surface area (Å²) in [6.07, 6.45) is 3.59. The van der Waals surface area contributed by atoms with Gasteiger partial charge in [-0.3, -0.25) is 0 Å². The van der Waals surface area contributed by atoms with Crippen LogP contribution in [0.25, 0.3) is 0 Å². The van der Waals surface area contributed by atoms with E-state index in [4.69, 9.17) is 5.73 Å². The Balaban J connectivity index is 3.88. The van der Waals surface area contributed by atoms with E-state index in [1.807, 2.05) is 0 Å². The maximum absolute atomic E-state index is 6.15. The van der Waals surface area contributed by atoms with Gasteiger partial charge in [0.1, 0.15) is 0 Å². The van der Waals surface area contributed by atoms with Gasteiger partial charge < -0.3 is 5.73 Å². The molecule has 0 spiro atoms. The maximum Gasteiger partial charge on any atom is 0.00440 e. The summed E-state index contributed by atoms with van der Waals surface area (Å²) < 4.78 is 0. The summed E-state index contributed by atoms with van der Waals surface area (Å²) in [5.41, 5.74) is 6.54. The highest BCUT2D eigenvalue weighted by Gasteiger charge is 2.22. The Bertz CT molecular complexity index is 146. The van der Waals surface area contributed by atoms with Crippen LogP contribution in [0.15, 0.2) is 0 Å². The third kappa shape index (κ3) is 5.64. The smallest absolute Gasteiger partial charge is 0.00440 e. The zero-order chi connectivity index (χ0) is 11.4. The van der Waals surface area contributed by atoms with Crippen LogP contribution in [-0.4, -0.2) is 6.04 Å². The molecule has 3 unspecified atom stereocenters. The zero-order valence-electron chi connectivity index (χ0n) is 10.9. The molecule has 0 aliphatic rings. The lowest BCUT2D eigenvalue weighted by Gasteiger charge is -2.30. The largest absolute Gasteiger partial charge is 0.328 e. The lowest BCUT2D eigenvalue weighted by molar-refractivity contribution is 0.224. The molecule has 1 nitrogen and oxygen atoms in total. The van der Waals surface area contributed by atoms with Crippen molar-refractivity contribution in [2.45, 2.75) is 66.8 Å². The van der Waals surface area contributed by atoms with Gasteiger partial charge >= 0.3 is 0 Å². The molecule has 0 heterocycles. The fourth-order valence-electron chi connectivity index (χ4n) is 1.59. The number of rotatable bonds is 5. The molecule has 0 aromatic heterocycles. The van der Waals surface area contributed by atoms with E-state index in [9.17, 15) is 0 Å². The number of nitrogens with two attached hydrogens (primary N) is 1. The first-order valence-corrected chi connectivity index (χ1v) is 6.03. The van der Waals surface area contributed by atoms with Gasteiger partial charge in [-0.2, -0.15) is 0 Å².